The van der Waals surface area contributed by atoms with Crippen LogP contribution in [0.1, 0.15) is 36.1 Å². The van der Waals surface area contributed by atoms with E-state index in [0.717, 1.165) is 33.2 Å². The molecule has 0 amide bonds. The average Bonchev–Trinajstić information content (AvgIpc) is 2.43. The zero-order valence-corrected chi connectivity index (χ0v) is 13.9. The number of aryl methyl sites for hydroxylation is 1. The van der Waals surface area contributed by atoms with Gasteiger partial charge in [-0.3, -0.25) is 0 Å². The molecule has 0 aromatic heterocycles. The average molecular weight is 383 g/mol. The van der Waals surface area contributed by atoms with Crippen molar-refractivity contribution < 1.29 is 4.39 Å². The first kappa shape index (κ1) is 15.4. The quantitative estimate of drug-likeness (QED) is 0.730. The molecule has 0 aliphatic carbocycles. The number of rotatable bonds is 5. The smallest absolute Gasteiger partial charge is 0.128 e. The molecular weight excluding hydrogens is 364 g/mol. The van der Waals surface area contributed by atoms with Crippen LogP contribution in [0.3, 0.4) is 0 Å². The Hall–Kier alpha value is -0.940. The molecule has 0 aliphatic rings. The first-order valence-electron chi connectivity index (χ1n) is 6.86. The maximum Gasteiger partial charge on any atom is 0.128 e. The van der Waals surface area contributed by atoms with E-state index in [-0.39, 0.29) is 11.9 Å². The van der Waals surface area contributed by atoms with Crippen molar-refractivity contribution in [2.75, 3.05) is 6.54 Å². The lowest BCUT2D eigenvalue weighted by Crippen LogP contribution is -2.24. The molecule has 0 saturated carbocycles. The molecule has 106 valence electrons. The third-order valence-electron chi connectivity index (χ3n) is 3.24. The van der Waals surface area contributed by atoms with Gasteiger partial charge in [-0.25, -0.2) is 4.39 Å². The van der Waals surface area contributed by atoms with Crippen LogP contribution in [-0.2, 0) is 0 Å². The molecule has 0 fully saturated rings. The van der Waals surface area contributed by atoms with Gasteiger partial charge in [-0.05, 0) is 66.2 Å². The third-order valence-corrected chi connectivity index (χ3v) is 3.91. The van der Waals surface area contributed by atoms with Crippen molar-refractivity contribution in [3.8, 4) is 0 Å². The minimum absolute atomic E-state index is 0.0930. The van der Waals surface area contributed by atoms with E-state index in [2.05, 4.69) is 47.0 Å². The molecule has 2 aromatic carbocycles. The van der Waals surface area contributed by atoms with Gasteiger partial charge in [0.15, 0.2) is 0 Å². The molecule has 1 nitrogen and oxygen atoms in total. The normalized spacial score (nSPS) is 12.4. The summed E-state index contributed by atoms with van der Waals surface area (Å²) in [5.41, 5.74) is 2.91. The Labute approximate surface area is 133 Å². The van der Waals surface area contributed by atoms with Crippen molar-refractivity contribution in [2.24, 2.45) is 0 Å². The van der Waals surface area contributed by atoms with Gasteiger partial charge in [0.1, 0.15) is 5.82 Å². The Morgan fingerprint density at radius 2 is 2.00 bits per heavy atom. The summed E-state index contributed by atoms with van der Waals surface area (Å²) in [6.07, 6.45) is 1.02. The Kier molecular flexibility index (Phi) is 5.54. The summed E-state index contributed by atoms with van der Waals surface area (Å²) in [4.78, 5) is 0. The van der Waals surface area contributed by atoms with Gasteiger partial charge in [0, 0.05) is 9.13 Å². The van der Waals surface area contributed by atoms with Gasteiger partial charge < -0.3 is 5.32 Å². The van der Waals surface area contributed by atoms with Crippen LogP contribution in [0.5, 0.6) is 0 Å². The second kappa shape index (κ2) is 7.18. The van der Waals surface area contributed by atoms with Crippen molar-refractivity contribution in [1.82, 2.24) is 5.32 Å². The second-order valence-electron chi connectivity index (χ2n) is 4.97. The van der Waals surface area contributed by atoms with Crippen LogP contribution in [-0.4, -0.2) is 6.54 Å². The maximum absolute atomic E-state index is 14.2. The first-order valence-corrected chi connectivity index (χ1v) is 7.94. The van der Waals surface area contributed by atoms with Gasteiger partial charge in [-0.2, -0.15) is 0 Å². The monoisotopic (exact) mass is 383 g/mol. The first-order chi connectivity index (χ1) is 9.61. The van der Waals surface area contributed by atoms with Crippen molar-refractivity contribution in [3.63, 3.8) is 0 Å². The predicted molar refractivity (Wildman–Crippen MR) is 90.4 cm³/mol. The molecule has 2 aromatic rings. The molecule has 0 heterocycles. The molecule has 0 saturated heterocycles. The van der Waals surface area contributed by atoms with Crippen molar-refractivity contribution >= 4 is 22.6 Å². The molecule has 1 atom stereocenters. The van der Waals surface area contributed by atoms with E-state index in [9.17, 15) is 4.39 Å². The third kappa shape index (κ3) is 3.79. The highest BCUT2D eigenvalue weighted by atomic mass is 127. The molecule has 0 bridgehead atoms. The Morgan fingerprint density at radius 1 is 1.20 bits per heavy atom. The fraction of sp³-hybridized carbons (Fsp3) is 0.294. The number of halogens is 2. The van der Waals surface area contributed by atoms with E-state index in [1.165, 1.54) is 0 Å². The Balaban J connectivity index is 2.44. The van der Waals surface area contributed by atoms with Crippen LogP contribution >= 0.6 is 22.6 Å². The molecule has 20 heavy (non-hydrogen) atoms. The van der Waals surface area contributed by atoms with E-state index in [1.54, 1.807) is 6.07 Å². The van der Waals surface area contributed by atoms with Crippen LogP contribution in [0.25, 0.3) is 0 Å². The zero-order valence-electron chi connectivity index (χ0n) is 11.8. The SMILES string of the molecule is CCCNC(c1cccc(I)c1)c1cc(C)ccc1F. The predicted octanol–water partition coefficient (Wildman–Crippen LogP) is 4.83. The van der Waals surface area contributed by atoms with Crippen LogP contribution in [0.4, 0.5) is 4.39 Å². The lowest BCUT2D eigenvalue weighted by atomic mass is 9.96. The summed E-state index contributed by atoms with van der Waals surface area (Å²) in [5.74, 6) is -0.150. The van der Waals surface area contributed by atoms with E-state index in [0.29, 0.717) is 0 Å². The minimum atomic E-state index is -0.150. The topological polar surface area (TPSA) is 12.0 Å². The van der Waals surface area contributed by atoms with Crippen LogP contribution in [0.2, 0.25) is 0 Å². The van der Waals surface area contributed by atoms with E-state index in [1.807, 2.05) is 31.2 Å². The molecule has 0 radical (unpaired) electrons. The van der Waals surface area contributed by atoms with Gasteiger partial charge in [0.2, 0.25) is 0 Å². The molecule has 1 unspecified atom stereocenters. The highest BCUT2D eigenvalue weighted by molar-refractivity contribution is 14.1. The van der Waals surface area contributed by atoms with Gasteiger partial charge in [0.05, 0.1) is 6.04 Å². The summed E-state index contributed by atoms with van der Waals surface area (Å²) in [5, 5.41) is 3.45. The largest absolute Gasteiger partial charge is 0.306 e. The fourth-order valence-electron chi connectivity index (χ4n) is 2.27. The van der Waals surface area contributed by atoms with Crippen LogP contribution < -0.4 is 5.32 Å². The molecular formula is C17H19FIN. The summed E-state index contributed by atoms with van der Waals surface area (Å²) in [7, 11) is 0. The van der Waals surface area contributed by atoms with Crippen LogP contribution in [0, 0.1) is 16.3 Å². The standard InChI is InChI=1S/C17H19FIN/c1-3-9-20-17(13-5-4-6-14(19)11-13)15-10-12(2)7-8-16(15)18/h4-8,10-11,17,20H,3,9H2,1-2H3. The zero-order chi connectivity index (χ0) is 14.5. The van der Waals surface area contributed by atoms with Gasteiger partial charge in [-0.1, -0.05) is 36.8 Å². The van der Waals surface area contributed by atoms with Crippen molar-refractivity contribution in [1.29, 1.82) is 0 Å². The highest BCUT2D eigenvalue weighted by Gasteiger charge is 2.17. The van der Waals surface area contributed by atoms with Gasteiger partial charge in [0.25, 0.3) is 0 Å². The lowest BCUT2D eigenvalue weighted by molar-refractivity contribution is 0.546. The minimum Gasteiger partial charge on any atom is -0.306 e. The molecule has 0 spiro atoms. The molecule has 0 aliphatic heterocycles. The van der Waals surface area contributed by atoms with Gasteiger partial charge >= 0.3 is 0 Å². The number of benzene rings is 2. The second-order valence-corrected chi connectivity index (χ2v) is 6.21. The Morgan fingerprint density at radius 3 is 2.70 bits per heavy atom. The highest BCUT2D eigenvalue weighted by Crippen LogP contribution is 2.26. The Bertz CT molecular complexity index is 583. The maximum atomic E-state index is 14.2. The number of nitrogens with one attached hydrogen (secondary N) is 1. The summed E-state index contributed by atoms with van der Waals surface area (Å²) in [6.45, 7) is 4.98. The van der Waals surface area contributed by atoms with Crippen LogP contribution in [0.15, 0.2) is 42.5 Å². The van der Waals surface area contributed by atoms with Crippen molar-refractivity contribution in [3.05, 3.63) is 68.5 Å². The van der Waals surface area contributed by atoms with Crippen molar-refractivity contribution in [2.45, 2.75) is 26.3 Å². The molecule has 2 rings (SSSR count). The number of hydrogen-bond acceptors (Lipinski definition) is 1. The summed E-state index contributed by atoms with van der Waals surface area (Å²) >= 11 is 2.29. The number of hydrogen-bond donors (Lipinski definition) is 1. The molecule has 1 N–H and O–H groups in total. The van der Waals surface area contributed by atoms with E-state index >= 15 is 0 Å². The van der Waals surface area contributed by atoms with Gasteiger partial charge in [-0.15, -0.1) is 0 Å². The lowest BCUT2D eigenvalue weighted by Gasteiger charge is -2.21. The summed E-state index contributed by atoms with van der Waals surface area (Å²) in [6, 6.07) is 13.4. The molecule has 3 heteroatoms. The summed E-state index contributed by atoms with van der Waals surface area (Å²) < 4.78 is 15.4. The van der Waals surface area contributed by atoms with E-state index < -0.39 is 0 Å². The fourth-order valence-corrected chi connectivity index (χ4v) is 2.83. The van der Waals surface area contributed by atoms with E-state index in [4.69, 9.17) is 0 Å².